The van der Waals surface area contributed by atoms with Crippen LogP contribution in [0.5, 0.6) is 0 Å². The molecule has 0 atom stereocenters. The summed E-state index contributed by atoms with van der Waals surface area (Å²) in [6, 6.07) is 5.66. The number of ketones is 1. The van der Waals surface area contributed by atoms with Gasteiger partial charge in [-0.25, -0.2) is 13.2 Å². The summed E-state index contributed by atoms with van der Waals surface area (Å²) < 4.78 is 73.0. The van der Waals surface area contributed by atoms with Crippen molar-refractivity contribution in [1.82, 2.24) is 8.61 Å². The largest absolute Gasteiger partial charge is 0.370 e. The topological polar surface area (TPSA) is 66.9 Å². The molecule has 0 spiro atoms. The van der Waals surface area contributed by atoms with Crippen molar-refractivity contribution in [3.05, 3.63) is 35.6 Å². The van der Waals surface area contributed by atoms with Crippen LogP contribution < -0.4 is 0 Å². The highest BCUT2D eigenvalue weighted by Gasteiger charge is 2.42. The Bertz CT molecular complexity index is 809. The molecule has 2 fully saturated rings. The van der Waals surface area contributed by atoms with E-state index in [4.69, 9.17) is 4.74 Å². The maximum atomic E-state index is 13.6. The molecule has 0 unspecified atom stereocenters. The van der Waals surface area contributed by atoms with Crippen molar-refractivity contribution in [2.45, 2.75) is 44.1 Å². The van der Waals surface area contributed by atoms with Crippen LogP contribution in [0.15, 0.2) is 24.3 Å². The number of benzene rings is 1. The number of piperidine rings is 2. The molecule has 0 bridgehead atoms. The zero-order valence-electron chi connectivity index (χ0n) is 16.0. The molecule has 0 aliphatic carbocycles. The SMILES string of the molecule is O=C(COC1CCN(S(=O)(=O)N2CCCC(F)(F)C2)CC1)Cc1ccc(F)cc1. The van der Waals surface area contributed by atoms with E-state index in [1.165, 1.54) is 16.4 Å². The number of halogens is 3. The summed E-state index contributed by atoms with van der Waals surface area (Å²) in [5, 5.41) is 0. The molecule has 6 nitrogen and oxygen atoms in total. The van der Waals surface area contributed by atoms with Crippen molar-refractivity contribution in [2.24, 2.45) is 0 Å². The maximum absolute atomic E-state index is 13.6. The van der Waals surface area contributed by atoms with E-state index >= 15 is 0 Å². The Morgan fingerprint density at radius 2 is 1.76 bits per heavy atom. The van der Waals surface area contributed by atoms with Gasteiger partial charge in [-0.2, -0.15) is 17.0 Å². The smallest absolute Gasteiger partial charge is 0.282 e. The lowest BCUT2D eigenvalue weighted by Gasteiger charge is -2.37. The van der Waals surface area contributed by atoms with E-state index in [0.717, 1.165) is 4.31 Å². The number of nitrogens with zero attached hydrogens (tertiary/aromatic N) is 2. The summed E-state index contributed by atoms with van der Waals surface area (Å²) in [5.74, 6) is -3.51. The standard InChI is InChI=1S/C19H25F3N2O4S/c20-16-4-2-15(3-5-16)12-17(25)13-28-18-6-10-23(11-7-18)29(26,27)24-9-1-8-19(21,22)14-24/h2-5,18H,1,6-14H2. The van der Waals surface area contributed by atoms with Crippen LogP contribution in [0.25, 0.3) is 0 Å². The summed E-state index contributed by atoms with van der Waals surface area (Å²) >= 11 is 0. The number of carbonyl (C=O) groups is 1. The fourth-order valence-corrected chi connectivity index (χ4v) is 5.32. The molecule has 1 aromatic rings. The summed E-state index contributed by atoms with van der Waals surface area (Å²) in [6.07, 6.45) is 0.515. The van der Waals surface area contributed by atoms with Gasteiger partial charge in [0.2, 0.25) is 0 Å². The Morgan fingerprint density at radius 3 is 2.38 bits per heavy atom. The lowest BCUT2D eigenvalue weighted by atomic mass is 10.1. The van der Waals surface area contributed by atoms with Gasteiger partial charge in [-0.15, -0.1) is 0 Å². The second-order valence-electron chi connectivity index (χ2n) is 7.55. The average Bonchev–Trinajstić information content (AvgIpc) is 2.68. The predicted octanol–water partition coefficient (Wildman–Crippen LogP) is 2.39. The van der Waals surface area contributed by atoms with Crippen LogP contribution in [0.1, 0.15) is 31.2 Å². The van der Waals surface area contributed by atoms with E-state index in [9.17, 15) is 26.4 Å². The number of rotatable bonds is 7. The highest BCUT2D eigenvalue weighted by atomic mass is 32.2. The van der Waals surface area contributed by atoms with Gasteiger partial charge in [-0.05, 0) is 37.0 Å². The molecule has 2 heterocycles. The van der Waals surface area contributed by atoms with Crippen molar-refractivity contribution < 1.29 is 31.1 Å². The van der Waals surface area contributed by atoms with Crippen molar-refractivity contribution in [3.63, 3.8) is 0 Å². The molecule has 162 valence electrons. The minimum atomic E-state index is -3.92. The van der Waals surface area contributed by atoms with Crippen LogP contribution >= 0.6 is 0 Å². The van der Waals surface area contributed by atoms with E-state index < -0.39 is 22.7 Å². The molecule has 2 saturated heterocycles. The first kappa shape index (κ1) is 22.2. The molecule has 29 heavy (non-hydrogen) atoms. The van der Waals surface area contributed by atoms with Crippen LogP contribution in [0.4, 0.5) is 13.2 Å². The Morgan fingerprint density at radius 1 is 1.10 bits per heavy atom. The minimum absolute atomic E-state index is 0.103. The molecule has 2 aliphatic rings. The molecule has 0 N–H and O–H groups in total. The molecule has 0 amide bonds. The Hall–Kier alpha value is -1.49. The number of hydrogen-bond acceptors (Lipinski definition) is 4. The van der Waals surface area contributed by atoms with E-state index in [-0.39, 0.29) is 63.2 Å². The van der Waals surface area contributed by atoms with Crippen molar-refractivity contribution in [1.29, 1.82) is 0 Å². The van der Waals surface area contributed by atoms with Gasteiger partial charge in [0.1, 0.15) is 12.4 Å². The molecule has 0 radical (unpaired) electrons. The summed E-state index contributed by atoms with van der Waals surface area (Å²) in [7, 11) is -3.92. The van der Waals surface area contributed by atoms with E-state index in [0.29, 0.717) is 18.4 Å². The van der Waals surface area contributed by atoms with Crippen LogP contribution in [0.3, 0.4) is 0 Å². The summed E-state index contributed by atoms with van der Waals surface area (Å²) in [5.41, 5.74) is 0.694. The highest BCUT2D eigenvalue weighted by molar-refractivity contribution is 7.86. The zero-order valence-corrected chi connectivity index (χ0v) is 16.8. The highest BCUT2D eigenvalue weighted by Crippen LogP contribution is 2.30. The van der Waals surface area contributed by atoms with Gasteiger partial charge in [0.25, 0.3) is 16.1 Å². The van der Waals surface area contributed by atoms with Crippen LogP contribution in [0, 0.1) is 5.82 Å². The normalized spacial score (nSPS) is 21.9. The van der Waals surface area contributed by atoms with E-state index in [2.05, 4.69) is 0 Å². The number of alkyl halides is 2. The molecular weight excluding hydrogens is 409 g/mol. The molecule has 0 aromatic heterocycles. The summed E-state index contributed by atoms with van der Waals surface area (Å²) in [4.78, 5) is 12.0. The monoisotopic (exact) mass is 434 g/mol. The van der Waals surface area contributed by atoms with Gasteiger partial charge >= 0.3 is 0 Å². The molecule has 0 saturated carbocycles. The number of ether oxygens (including phenoxy) is 1. The van der Waals surface area contributed by atoms with Gasteiger partial charge in [-0.3, -0.25) is 4.79 Å². The molecular formula is C19H25F3N2O4S. The quantitative estimate of drug-likeness (QED) is 0.661. The number of carbonyl (C=O) groups excluding carboxylic acids is 1. The average molecular weight is 434 g/mol. The maximum Gasteiger partial charge on any atom is 0.282 e. The second kappa shape index (κ2) is 9.11. The first-order chi connectivity index (χ1) is 13.7. The van der Waals surface area contributed by atoms with Crippen molar-refractivity contribution in [3.8, 4) is 0 Å². The molecule has 1 aromatic carbocycles. The fourth-order valence-electron chi connectivity index (χ4n) is 3.61. The Balaban J connectivity index is 1.44. The number of hydrogen-bond donors (Lipinski definition) is 0. The fraction of sp³-hybridized carbons (Fsp3) is 0.632. The van der Waals surface area contributed by atoms with Crippen LogP contribution in [0.2, 0.25) is 0 Å². The van der Waals surface area contributed by atoms with E-state index in [1.807, 2.05) is 0 Å². The van der Waals surface area contributed by atoms with Gasteiger partial charge < -0.3 is 4.74 Å². The first-order valence-electron chi connectivity index (χ1n) is 9.66. The van der Waals surface area contributed by atoms with Gasteiger partial charge in [0, 0.05) is 32.5 Å². The van der Waals surface area contributed by atoms with Crippen molar-refractivity contribution >= 4 is 16.0 Å². The molecule has 10 heteroatoms. The molecule has 2 aliphatic heterocycles. The predicted molar refractivity (Wildman–Crippen MR) is 100 cm³/mol. The number of Topliss-reactive ketones (excluding diaryl/α,β-unsaturated/α-hetero) is 1. The molecule has 3 rings (SSSR count). The Labute approximate surface area is 168 Å². The van der Waals surface area contributed by atoms with E-state index in [1.54, 1.807) is 12.1 Å². The minimum Gasteiger partial charge on any atom is -0.370 e. The third kappa shape index (κ3) is 6.00. The summed E-state index contributed by atoms with van der Waals surface area (Å²) in [6.45, 7) is -0.439. The third-order valence-electron chi connectivity index (χ3n) is 5.21. The third-order valence-corrected chi connectivity index (χ3v) is 7.19. The van der Waals surface area contributed by atoms with Gasteiger partial charge in [0.15, 0.2) is 5.78 Å². The lowest BCUT2D eigenvalue weighted by molar-refractivity contribution is -0.125. The van der Waals surface area contributed by atoms with Gasteiger partial charge in [-0.1, -0.05) is 12.1 Å². The zero-order chi connectivity index (χ0) is 21.1. The Kier molecular flexibility index (Phi) is 6.98. The van der Waals surface area contributed by atoms with Crippen LogP contribution in [-0.4, -0.2) is 67.6 Å². The van der Waals surface area contributed by atoms with Crippen molar-refractivity contribution in [2.75, 3.05) is 32.8 Å². The first-order valence-corrected chi connectivity index (χ1v) is 11.1. The lowest BCUT2D eigenvalue weighted by Crippen LogP contribution is -2.53. The van der Waals surface area contributed by atoms with Gasteiger partial charge in [0.05, 0.1) is 12.6 Å². The van der Waals surface area contributed by atoms with Crippen LogP contribution in [-0.2, 0) is 26.2 Å². The second-order valence-corrected chi connectivity index (χ2v) is 9.48.